The molecule has 1 N–H and O–H groups in total. The average Bonchev–Trinajstić information content (AvgIpc) is 2.96. The molecule has 0 radical (unpaired) electrons. The Labute approximate surface area is 108 Å². The van der Waals surface area contributed by atoms with Crippen LogP contribution in [0.15, 0.2) is 24.3 Å². The Morgan fingerprint density at radius 1 is 1.11 bits per heavy atom. The van der Waals surface area contributed by atoms with Gasteiger partial charge in [-0.15, -0.1) is 0 Å². The summed E-state index contributed by atoms with van der Waals surface area (Å²) >= 11 is 0. The zero-order valence-electron chi connectivity index (χ0n) is 11.0. The van der Waals surface area contributed by atoms with Gasteiger partial charge in [0.25, 0.3) is 0 Å². The van der Waals surface area contributed by atoms with Crippen LogP contribution in [0.2, 0.25) is 0 Å². The number of benzene rings is 1. The number of nitrogens with one attached hydrogen (secondary N) is 1. The summed E-state index contributed by atoms with van der Waals surface area (Å²) in [6.07, 6.45) is 3.57. The number of rotatable bonds is 3. The van der Waals surface area contributed by atoms with Crippen molar-refractivity contribution in [3.05, 3.63) is 24.3 Å². The summed E-state index contributed by atoms with van der Waals surface area (Å²) in [6, 6.07) is 8.01. The average molecular weight is 244 g/mol. The molecule has 1 aromatic carbocycles. The van der Waals surface area contributed by atoms with E-state index in [0.717, 1.165) is 36.1 Å². The van der Waals surface area contributed by atoms with Crippen molar-refractivity contribution in [1.29, 1.82) is 0 Å². The van der Waals surface area contributed by atoms with Crippen molar-refractivity contribution in [2.24, 2.45) is 17.8 Å². The van der Waals surface area contributed by atoms with Gasteiger partial charge in [0.1, 0.15) is 0 Å². The first-order valence-corrected chi connectivity index (χ1v) is 6.72. The van der Waals surface area contributed by atoms with E-state index in [9.17, 15) is 4.79 Å². The standard InChI is InChI=1S/C15H20N2O/c1-17(2)14-5-3-13(4-6-14)16-15(18)12-8-10-7-11(10)9-12/h3-6,10-12H,7-9H2,1-2H3,(H,16,18). The lowest BCUT2D eigenvalue weighted by Gasteiger charge is -2.15. The SMILES string of the molecule is CN(C)c1ccc(NC(=O)C2CC3CC3C2)cc1. The lowest BCUT2D eigenvalue weighted by atomic mass is 10.0. The van der Waals surface area contributed by atoms with Gasteiger partial charge in [-0.1, -0.05) is 0 Å². The van der Waals surface area contributed by atoms with Crippen LogP contribution >= 0.6 is 0 Å². The Morgan fingerprint density at radius 2 is 1.72 bits per heavy atom. The van der Waals surface area contributed by atoms with E-state index in [1.807, 2.05) is 38.4 Å². The molecule has 3 heteroatoms. The van der Waals surface area contributed by atoms with Crippen LogP contribution in [0.5, 0.6) is 0 Å². The molecule has 2 aliphatic carbocycles. The zero-order valence-corrected chi connectivity index (χ0v) is 11.0. The summed E-state index contributed by atoms with van der Waals surface area (Å²) < 4.78 is 0. The molecule has 2 fully saturated rings. The molecule has 0 aromatic heterocycles. The highest BCUT2D eigenvalue weighted by molar-refractivity contribution is 5.93. The van der Waals surface area contributed by atoms with E-state index in [-0.39, 0.29) is 11.8 Å². The third-order valence-corrected chi connectivity index (χ3v) is 4.27. The van der Waals surface area contributed by atoms with Gasteiger partial charge in [0.2, 0.25) is 5.91 Å². The molecule has 2 aliphatic rings. The number of nitrogens with zero attached hydrogens (tertiary/aromatic N) is 1. The molecule has 2 unspecified atom stereocenters. The molecule has 1 aromatic rings. The molecule has 3 rings (SSSR count). The van der Waals surface area contributed by atoms with Crippen molar-refractivity contribution in [1.82, 2.24) is 0 Å². The van der Waals surface area contributed by atoms with Gasteiger partial charge in [-0.3, -0.25) is 4.79 Å². The second-order valence-electron chi connectivity index (χ2n) is 5.85. The van der Waals surface area contributed by atoms with Gasteiger partial charge >= 0.3 is 0 Å². The number of anilines is 2. The van der Waals surface area contributed by atoms with Gasteiger partial charge in [-0.25, -0.2) is 0 Å². The largest absolute Gasteiger partial charge is 0.378 e. The molecular weight excluding hydrogens is 224 g/mol. The van der Waals surface area contributed by atoms with Crippen LogP contribution in [0.25, 0.3) is 0 Å². The normalized spacial score (nSPS) is 28.7. The fraction of sp³-hybridized carbons (Fsp3) is 0.533. The summed E-state index contributed by atoms with van der Waals surface area (Å²) in [5.41, 5.74) is 2.06. The molecule has 0 heterocycles. The minimum Gasteiger partial charge on any atom is -0.378 e. The van der Waals surface area contributed by atoms with E-state index in [2.05, 4.69) is 10.2 Å². The van der Waals surface area contributed by atoms with Crippen molar-refractivity contribution in [2.45, 2.75) is 19.3 Å². The number of amides is 1. The van der Waals surface area contributed by atoms with E-state index in [1.54, 1.807) is 0 Å². The van der Waals surface area contributed by atoms with E-state index in [1.165, 1.54) is 6.42 Å². The first-order valence-electron chi connectivity index (χ1n) is 6.72. The molecule has 2 atom stereocenters. The molecule has 3 nitrogen and oxygen atoms in total. The lowest BCUT2D eigenvalue weighted by Crippen LogP contribution is -2.21. The van der Waals surface area contributed by atoms with Crippen LogP contribution in [0.4, 0.5) is 11.4 Å². The highest BCUT2D eigenvalue weighted by atomic mass is 16.1. The van der Waals surface area contributed by atoms with Crippen molar-refractivity contribution in [3.8, 4) is 0 Å². The van der Waals surface area contributed by atoms with Crippen LogP contribution in [-0.2, 0) is 4.79 Å². The summed E-state index contributed by atoms with van der Waals surface area (Å²) in [4.78, 5) is 14.1. The molecule has 1 amide bonds. The molecule has 0 aliphatic heterocycles. The van der Waals surface area contributed by atoms with Crippen molar-refractivity contribution in [2.75, 3.05) is 24.3 Å². The molecule has 2 saturated carbocycles. The van der Waals surface area contributed by atoms with Gasteiger partial charge in [0.05, 0.1) is 0 Å². The first kappa shape index (κ1) is 11.6. The monoisotopic (exact) mass is 244 g/mol. The van der Waals surface area contributed by atoms with Crippen LogP contribution < -0.4 is 10.2 Å². The van der Waals surface area contributed by atoms with Crippen LogP contribution in [0, 0.1) is 17.8 Å². The Hall–Kier alpha value is -1.51. The minimum atomic E-state index is 0.208. The van der Waals surface area contributed by atoms with E-state index >= 15 is 0 Å². The maximum atomic E-state index is 12.1. The highest BCUT2D eigenvalue weighted by Gasteiger charge is 2.47. The first-order chi connectivity index (χ1) is 8.63. The number of hydrogen-bond donors (Lipinski definition) is 1. The second-order valence-corrected chi connectivity index (χ2v) is 5.85. The second kappa shape index (κ2) is 4.30. The number of hydrogen-bond acceptors (Lipinski definition) is 2. The maximum absolute atomic E-state index is 12.1. The lowest BCUT2D eigenvalue weighted by molar-refractivity contribution is -0.120. The number of carbonyl (C=O) groups is 1. The smallest absolute Gasteiger partial charge is 0.227 e. The minimum absolute atomic E-state index is 0.208. The summed E-state index contributed by atoms with van der Waals surface area (Å²) in [7, 11) is 4.02. The Bertz CT molecular complexity index is 442. The summed E-state index contributed by atoms with van der Waals surface area (Å²) in [5, 5.41) is 3.03. The maximum Gasteiger partial charge on any atom is 0.227 e. The molecule has 0 saturated heterocycles. The summed E-state index contributed by atoms with van der Waals surface area (Å²) in [5.74, 6) is 2.18. The van der Waals surface area contributed by atoms with Crippen LogP contribution in [-0.4, -0.2) is 20.0 Å². The van der Waals surface area contributed by atoms with Gasteiger partial charge in [-0.2, -0.15) is 0 Å². The Kier molecular flexibility index (Phi) is 2.77. The molecule has 0 spiro atoms. The predicted octanol–water partition coefficient (Wildman–Crippen LogP) is 2.74. The molecular formula is C15H20N2O. The van der Waals surface area contributed by atoms with Gasteiger partial charge in [0.15, 0.2) is 0 Å². The van der Waals surface area contributed by atoms with Gasteiger partial charge < -0.3 is 10.2 Å². The third kappa shape index (κ3) is 2.22. The van der Waals surface area contributed by atoms with Crippen molar-refractivity contribution in [3.63, 3.8) is 0 Å². The van der Waals surface area contributed by atoms with Crippen LogP contribution in [0.3, 0.4) is 0 Å². The zero-order chi connectivity index (χ0) is 12.7. The Morgan fingerprint density at radius 3 is 2.28 bits per heavy atom. The van der Waals surface area contributed by atoms with E-state index < -0.39 is 0 Å². The van der Waals surface area contributed by atoms with Gasteiger partial charge in [-0.05, 0) is 55.4 Å². The molecule has 96 valence electrons. The van der Waals surface area contributed by atoms with E-state index in [4.69, 9.17) is 0 Å². The van der Waals surface area contributed by atoms with E-state index in [0.29, 0.717) is 0 Å². The van der Waals surface area contributed by atoms with Crippen molar-refractivity contribution >= 4 is 17.3 Å². The van der Waals surface area contributed by atoms with Gasteiger partial charge in [0, 0.05) is 31.4 Å². The summed E-state index contributed by atoms with van der Waals surface area (Å²) in [6.45, 7) is 0. The fourth-order valence-corrected chi connectivity index (χ4v) is 3.02. The molecule has 18 heavy (non-hydrogen) atoms. The third-order valence-electron chi connectivity index (χ3n) is 4.27. The highest BCUT2D eigenvalue weighted by Crippen LogP contribution is 2.54. The fourth-order valence-electron chi connectivity index (χ4n) is 3.02. The molecule has 0 bridgehead atoms. The number of fused-ring (bicyclic) bond motifs is 1. The quantitative estimate of drug-likeness (QED) is 0.886. The van der Waals surface area contributed by atoms with Crippen LogP contribution in [0.1, 0.15) is 19.3 Å². The predicted molar refractivity (Wildman–Crippen MR) is 73.7 cm³/mol. The topological polar surface area (TPSA) is 32.3 Å². The van der Waals surface area contributed by atoms with Crippen molar-refractivity contribution < 1.29 is 4.79 Å². The number of carbonyl (C=O) groups excluding carboxylic acids is 1. The Balaban J connectivity index is 1.60.